The van der Waals surface area contributed by atoms with Gasteiger partial charge in [-0.3, -0.25) is 24.1 Å². The van der Waals surface area contributed by atoms with Crippen LogP contribution in [0.3, 0.4) is 0 Å². The molecule has 0 saturated heterocycles. The largest absolute Gasteiger partial charge is 0.469 e. The number of amides is 3. The number of carbonyl (C=O) groups excluding carboxylic acids is 4. The number of fused-ring (bicyclic) bond motifs is 1. The van der Waals surface area contributed by atoms with E-state index in [0.29, 0.717) is 25.7 Å². The Kier molecular flexibility index (Phi) is 11.5. The van der Waals surface area contributed by atoms with Crippen molar-refractivity contribution >= 4 is 47.2 Å². The van der Waals surface area contributed by atoms with Gasteiger partial charge in [0.15, 0.2) is 0 Å². The van der Waals surface area contributed by atoms with E-state index in [-0.39, 0.29) is 24.7 Å². The fourth-order valence-electron chi connectivity index (χ4n) is 4.17. The number of unbranched alkanes of at least 4 members (excludes halogenated alkanes) is 1. The zero-order valence-electron chi connectivity index (χ0n) is 21.5. The number of likely N-dealkylation sites (N-methyl/N-ethyl adjacent to an activating group) is 1. The van der Waals surface area contributed by atoms with Gasteiger partial charge < -0.3 is 20.8 Å². The number of esters is 1. The lowest BCUT2D eigenvalue weighted by molar-refractivity contribution is -0.152. The van der Waals surface area contributed by atoms with Gasteiger partial charge in [0.25, 0.3) is 0 Å². The monoisotopic (exact) mass is 518 g/mol. The summed E-state index contributed by atoms with van der Waals surface area (Å²) in [6.07, 6.45) is 3.89. The van der Waals surface area contributed by atoms with Gasteiger partial charge in [-0.2, -0.15) is 12.6 Å². The highest BCUT2D eigenvalue weighted by Gasteiger charge is 2.39. The van der Waals surface area contributed by atoms with Crippen molar-refractivity contribution in [2.45, 2.75) is 69.7 Å². The van der Waals surface area contributed by atoms with Gasteiger partial charge >= 0.3 is 5.97 Å². The summed E-state index contributed by atoms with van der Waals surface area (Å²) < 4.78 is 4.64. The molecule has 3 amide bonds. The molecule has 198 valence electrons. The van der Waals surface area contributed by atoms with Gasteiger partial charge in [0.1, 0.15) is 6.04 Å². The van der Waals surface area contributed by atoms with Crippen LogP contribution in [-0.4, -0.2) is 65.1 Å². The third-order valence-corrected chi connectivity index (χ3v) is 6.57. The number of nitrogens with one attached hydrogen (secondary N) is 2. The molecule has 0 aliphatic rings. The number of hydrogen-bond donors (Lipinski definition) is 4. The number of methoxy groups -OCH3 is 1. The number of rotatable bonds is 13. The Morgan fingerprint density at radius 3 is 2.47 bits per heavy atom. The Balaban J connectivity index is 2.35. The fourth-order valence-corrected chi connectivity index (χ4v) is 4.48. The van der Waals surface area contributed by atoms with Crippen LogP contribution in [0.5, 0.6) is 0 Å². The minimum Gasteiger partial charge on any atom is -0.469 e. The first kappa shape index (κ1) is 29.4. The summed E-state index contributed by atoms with van der Waals surface area (Å²) in [4.78, 5) is 55.8. The van der Waals surface area contributed by atoms with E-state index in [1.807, 2.05) is 38.1 Å². The minimum atomic E-state index is -1.10. The molecule has 10 heteroatoms. The molecular formula is C26H38N4O5S. The van der Waals surface area contributed by atoms with E-state index < -0.39 is 35.1 Å². The van der Waals surface area contributed by atoms with Crippen molar-refractivity contribution in [2.24, 2.45) is 11.7 Å². The normalized spacial score (nSPS) is 13.8. The molecule has 0 aliphatic carbocycles. The van der Waals surface area contributed by atoms with Crippen molar-refractivity contribution in [2.75, 3.05) is 14.2 Å². The van der Waals surface area contributed by atoms with Crippen molar-refractivity contribution in [3.8, 4) is 0 Å². The lowest BCUT2D eigenvalue weighted by Gasteiger charge is -2.33. The zero-order valence-corrected chi connectivity index (χ0v) is 22.3. The Labute approximate surface area is 217 Å². The van der Waals surface area contributed by atoms with Crippen LogP contribution in [0.4, 0.5) is 0 Å². The Morgan fingerprint density at radius 2 is 1.83 bits per heavy atom. The molecule has 9 nitrogen and oxygen atoms in total. The van der Waals surface area contributed by atoms with E-state index in [2.05, 4.69) is 27.7 Å². The molecule has 0 aliphatic heterocycles. The highest BCUT2D eigenvalue weighted by molar-refractivity contribution is 7.81. The number of para-hydroxylation sites is 1. The molecule has 1 aromatic carbocycles. The van der Waals surface area contributed by atoms with Crippen molar-refractivity contribution in [3.63, 3.8) is 0 Å². The van der Waals surface area contributed by atoms with Crippen LogP contribution in [0, 0.1) is 5.92 Å². The topological polar surface area (TPSA) is 135 Å². The van der Waals surface area contributed by atoms with Crippen LogP contribution in [0.2, 0.25) is 0 Å². The molecule has 1 heterocycles. The molecule has 0 fully saturated rings. The summed E-state index contributed by atoms with van der Waals surface area (Å²) in [6.45, 7) is 3.87. The van der Waals surface area contributed by atoms with Gasteiger partial charge in [-0.1, -0.05) is 38.5 Å². The number of aromatic nitrogens is 1. The maximum atomic E-state index is 13.6. The van der Waals surface area contributed by atoms with Crippen molar-refractivity contribution in [1.82, 2.24) is 15.2 Å². The quantitative estimate of drug-likeness (QED) is 0.183. The second-order valence-electron chi connectivity index (χ2n) is 9.31. The maximum absolute atomic E-state index is 13.6. The van der Waals surface area contributed by atoms with E-state index in [4.69, 9.17) is 5.73 Å². The lowest BCUT2D eigenvalue weighted by Crippen LogP contribution is -2.58. The summed E-state index contributed by atoms with van der Waals surface area (Å²) in [7, 11) is 2.79. The third-order valence-electron chi connectivity index (χ3n) is 6.09. The molecule has 3 atom stereocenters. The predicted octanol–water partition coefficient (Wildman–Crippen LogP) is 2.59. The van der Waals surface area contributed by atoms with Gasteiger partial charge in [-0.05, 0) is 36.8 Å². The highest BCUT2D eigenvalue weighted by Crippen LogP contribution is 2.23. The van der Waals surface area contributed by atoms with Gasteiger partial charge in [-0.15, -0.1) is 0 Å². The number of carbonyl (C=O) groups is 4. The van der Waals surface area contributed by atoms with Crippen LogP contribution in [0.1, 0.15) is 51.5 Å². The number of thiol groups is 1. The molecule has 4 N–H and O–H groups in total. The highest BCUT2D eigenvalue weighted by atomic mass is 32.1. The number of aromatic amines is 1. The van der Waals surface area contributed by atoms with E-state index >= 15 is 0 Å². The number of ether oxygens (including phenoxy) is 1. The van der Waals surface area contributed by atoms with E-state index in [0.717, 1.165) is 21.4 Å². The predicted molar refractivity (Wildman–Crippen MR) is 142 cm³/mol. The smallest absolute Gasteiger partial charge is 0.305 e. The molecule has 0 bridgehead atoms. The molecule has 0 spiro atoms. The summed E-state index contributed by atoms with van der Waals surface area (Å²) in [5.74, 6) is -1.85. The van der Waals surface area contributed by atoms with Crippen molar-refractivity contribution < 1.29 is 23.9 Å². The molecular weight excluding hydrogens is 480 g/mol. The van der Waals surface area contributed by atoms with Crippen molar-refractivity contribution in [3.05, 3.63) is 36.0 Å². The Morgan fingerprint density at radius 1 is 1.14 bits per heavy atom. The second-order valence-corrected chi connectivity index (χ2v) is 9.94. The zero-order chi connectivity index (χ0) is 26.8. The molecule has 0 saturated carbocycles. The van der Waals surface area contributed by atoms with Gasteiger partial charge in [0.05, 0.1) is 18.4 Å². The van der Waals surface area contributed by atoms with Crippen LogP contribution in [0.15, 0.2) is 30.5 Å². The summed E-state index contributed by atoms with van der Waals surface area (Å²) in [6, 6.07) is 5.58. The van der Waals surface area contributed by atoms with E-state index in [9.17, 15) is 19.2 Å². The van der Waals surface area contributed by atoms with Gasteiger partial charge in [0, 0.05) is 37.0 Å². The van der Waals surface area contributed by atoms with Gasteiger partial charge in [-0.25, -0.2) is 0 Å². The average molecular weight is 519 g/mol. The maximum Gasteiger partial charge on any atom is 0.305 e. The van der Waals surface area contributed by atoms with Crippen LogP contribution >= 0.6 is 12.6 Å². The minimum absolute atomic E-state index is 0.123. The number of nitrogens with zero attached hydrogens (tertiary/aromatic N) is 1. The SMILES string of the molecule is CNC(=O)[C@H](Cc1c[nH]c2ccccc12)N(C(=O)C(S)CCCCC(=O)OC)C(=O)[C@@H](N)CC(C)C. The first-order chi connectivity index (χ1) is 17.1. The molecule has 36 heavy (non-hydrogen) atoms. The summed E-state index contributed by atoms with van der Waals surface area (Å²) >= 11 is 4.47. The Bertz CT molecular complexity index is 1050. The molecule has 2 aromatic rings. The van der Waals surface area contributed by atoms with Crippen molar-refractivity contribution in [1.29, 1.82) is 0 Å². The Hall–Kier alpha value is -2.85. The number of nitrogens with two attached hydrogens (primary N) is 1. The molecule has 1 unspecified atom stereocenters. The van der Waals surface area contributed by atoms with E-state index in [1.165, 1.54) is 14.2 Å². The summed E-state index contributed by atoms with van der Waals surface area (Å²) in [5.41, 5.74) is 7.91. The number of benzene rings is 1. The van der Waals surface area contributed by atoms with Gasteiger partial charge in [0.2, 0.25) is 17.7 Å². The van der Waals surface area contributed by atoms with Crippen LogP contribution < -0.4 is 11.1 Å². The fraction of sp³-hybridized carbons (Fsp3) is 0.538. The van der Waals surface area contributed by atoms with Crippen LogP contribution in [-0.2, 0) is 30.3 Å². The standard InChI is InChI=1S/C26H38N4O5S/c1-16(2)13-19(27)25(33)30(26(34)22(36)11-7-8-12-23(31)35-4)21(24(32)28-3)14-17-15-29-20-10-6-5-9-18(17)20/h5-6,9-10,15-16,19,21-22,29,36H,7-8,11-14,27H2,1-4H3,(H,28,32)/t19-,21-,22?/m0/s1. The third kappa shape index (κ3) is 7.83. The number of hydrogen-bond acceptors (Lipinski definition) is 7. The van der Waals surface area contributed by atoms with E-state index in [1.54, 1.807) is 6.20 Å². The number of H-pyrrole nitrogens is 1. The second kappa shape index (κ2) is 14.0. The first-order valence-electron chi connectivity index (χ1n) is 12.2. The lowest BCUT2D eigenvalue weighted by atomic mass is 9.98. The molecule has 2 rings (SSSR count). The first-order valence-corrected chi connectivity index (χ1v) is 12.8. The molecule has 0 radical (unpaired) electrons. The molecule has 1 aromatic heterocycles. The number of imide groups is 1. The summed E-state index contributed by atoms with van der Waals surface area (Å²) in [5, 5.41) is 2.66. The van der Waals surface area contributed by atoms with Crippen LogP contribution in [0.25, 0.3) is 10.9 Å². The average Bonchev–Trinajstić information content (AvgIpc) is 3.27.